The first kappa shape index (κ1) is 42.3. The number of rotatable bonds is 10. The maximum absolute atomic E-state index is 11.9. The number of fused-ring (bicyclic) bond motifs is 3. The Morgan fingerprint density at radius 1 is 0.785 bits per heavy atom. The van der Waals surface area contributed by atoms with Gasteiger partial charge < -0.3 is 39.0 Å². The highest BCUT2D eigenvalue weighted by atomic mass is 32.2. The summed E-state index contributed by atoms with van der Waals surface area (Å²) in [4.78, 5) is 37.9. The number of carbonyl (C=O) groups is 1. The summed E-state index contributed by atoms with van der Waals surface area (Å²) in [5.41, 5.74) is 4.46. The van der Waals surface area contributed by atoms with Crippen LogP contribution < -0.4 is 24.9 Å². The van der Waals surface area contributed by atoms with Crippen LogP contribution in [0, 0.1) is 11.3 Å². The summed E-state index contributed by atoms with van der Waals surface area (Å²) in [7, 11) is -1.24. The molecule has 16 nitrogen and oxygen atoms in total. The lowest BCUT2D eigenvalue weighted by molar-refractivity contribution is -0.127. The number of carbonyl (C=O) groups excluding carboxylic acids is 1. The molecular weight excluding hydrogens is 839 g/mol. The third-order valence-electron chi connectivity index (χ3n) is 13.6. The standard InChI is InChI=1S/C24H27N7O.C24H28N6O2S/c32-23-5-2-10-29(23)17-18-30-11-8-19-6-7-21(26-24(19)30)27-13-15-28(16-14-27)22-4-1-3-20-25-9-12-31(20)22;1-26-18-12-20(13-18)30-16-17(15-25)22-6-7-23(27-24(22)30)29-10-8-28(9-11-29)19-4-3-5-21(14-19)33(2,31)32/h1,3-4,6-9,11-12H,2,5,10,13-18H2;3-7,14,16,18,20,26H,8-13H2,1-2H3. The van der Waals surface area contributed by atoms with Crippen LogP contribution >= 0.6 is 0 Å². The van der Waals surface area contributed by atoms with Crippen LogP contribution in [0.1, 0.15) is 37.3 Å². The maximum Gasteiger partial charge on any atom is 0.222 e. The highest BCUT2D eigenvalue weighted by Gasteiger charge is 2.31. The summed E-state index contributed by atoms with van der Waals surface area (Å²) in [6.07, 6.45) is 12.9. The predicted octanol–water partition coefficient (Wildman–Crippen LogP) is 5.19. The van der Waals surface area contributed by atoms with Gasteiger partial charge in [0.05, 0.1) is 10.5 Å². The molecule has 0 atom stereocenters. The molecule has 4 fully saturated rings. The van der Waals surface area contributed by atoms with E-state index in [1.807, 2.05) is 54.8 Å². The number of aromatic nitrogens is 6. The van der Waals surface area contributed by atoms with Gasteiger partial charge in [0.2, 0.25) is 5.91 Å². The van der Waals surface area contributed by atoms with Crippen molar-refractivity contribution in [2.75, 3.05) is 98.4 Å². The Morgan fingerprint density at radius 3 is 2.20 bits per heavy atom. The third-order valence-corrected chi connectivity index (χ3v) is 14.7. The summed E-state index contributed by atoms with van der Waals surface area (Å²) in [6, 6.07) is 27.1. The van der Waals surface area contributed by atoms with Gasteiger partial charge in [-0.05, 0) is 87.0 Å². The lowest BCUT2D eigenvalue weighted by atomic mass is 9.87. The van der Waals surface area contributed by atoms with E-state index in [2.05, 4.69) is 86.0 Å². The van der Waals surface area contributed by atoms with Gasteiger partial charge in [-0.25, -0.2) is 23.4 Å². The molecule has 1 saturated carbocycles. The Labute approximate surface area is 379 Å². The molecule has 9 heterocycles. The van der Waals surface area contributed by atoms with Crippen molar-refractivity contribution in [1.29, 1.82) is 5.26 Å². The Hall–Kier alpha value is -6.64. The zero-order chi connectivity index (χ0) is 44.7. The quantitative estimate of drug-likeness (QED) is 0.192. The average molecular weight is 894 g/mol. The predicted molar refractivity (Wildman–Crippen MR) is 255 cm³/mol. The molecule has 17 heteroatoms. The molecule has 4 aliphatic rings. The first-order valence-corrected chi connectivity index (χ1v) is 24.6. The van der Waals surface area contributed by atoms with E-state index in [-0.39, 0.29) is 5.91 Å². The number of amides is 1. The van der Waals surface area contributed by atoms with E-state index in [0.29, 0.717) is 29.0 Å². The summed E-state index contributed by atoms with van der Waals surface area (Å²) in [6.45, 7) is 9.30. The minimum absolute atomic E-state index is 0.277. The van der Waals surface area contributed by atoms with Crippen molar-refractivity contribution >= 4 is 66.6 Å². The largest absolute Gasteiger partial charge is 0.368 e. The van der Waals surface area contributed by atoms with Crippen molar-refractivity contribution in [3.63, 3.8) is 0 Å². The Morgan fingerprint density at radius 2 is 1.49 bits per heavy atom. The lowest BCUT2D eigenvalue weighted by Gasteiger charge is -2.37. The topological polar surface area (TPSA) is 156 Å². The molecule has 0 spiro atoms. The molecule has 65 heavy (non-hydrogen) atoms. The zero-order valence-electron chi connectivity index (χ0n) is 37.0. The number of piperazine rings is 2. The average Bonchev–Trinajstić information content (AvgIpc) is 4.14. The fourth-order valence-corrected chi connectivity index (χ4v) is 10.4. The highest BCUT2D eigenvalue weighted by molar-refractivity contribution is 7.90. The highest BCUT2D eigenvalue weighted by Crippen LogP contribution is 2.37. The number of hydrogen-bond donors (Lipinski definition) is 1. The van der Waals surface area contributed by atoms with Gasteiger partial charge in [-0.1, -0.05) is 12.1 Å². The lowest BCUT2D eigenvalue weighted by Crippen LogP contribution is -2.47. The van der Waals surface area contributed by atoms with Crippen molar-refractivity contribution in [1.82, 2.24) is 38.7 Å². The molecule has 1 amide bonds. The number of nitriles is 1. The van der Waals surface area contributed by atoms with Crippen LogP contribution in [-0.4, -0.2) is 133 Å². The van der Waals surface area contributed by atoms with E-state index in [1.165, 1.54) is 12.1 Å². The number of hydrogen-bond acceptors (Lipinski definition) is 12. The minimum atomic E-state index is -3.23. The molecule has 7 aromatic rings. The van der Waals surface area contributed by atoms with Crippen LogP contribution in [0.5, 0.6) is 0 Å². The molecule has 1 aliphatic carbocycles. The molecule has 1 aromatic carbocycles. The van der Waals surface area contributed by atoms with E-state index >= 15 is 0 Å². The molecule has 3 aliphatic heterocycles. The van der Waals surface area contributed by atoms with Gasteiger partial charge in [-0.2, -0.15) is 5.26 Å². The van der Waals surface area contributed by atoms with Gasteiger partial charge >= 0.3 is 0 Å². The number of nitrogens with zero attached hydrogens (tertiary/aromatic N) is 12. The SMILES string of the molecule is CNC1CC(n2cc(C#N)c3ccc(N4CCN(c5cccc(S(C)(=O)=O)c5)CC4)nc32)C1.O=C1CCCN1CCn1ccc2ccc(N3CCN(c4cccc5nccn45)CC3)nc21. The zero-order valence-corrected chi connectivity index (χ0v) is 37.8. The molecule has 3 saturated heterocycles. The summed E-state index contributed by atoms with van der Waals surface area (Å²) in [5.74, 6) is 3.41. The van der Waals surface area contributed by atoms with E-state index in [4.69, 9.17) is 9.97 Å². The van der Waals surface area contributed by atoms with Crippen molar-refractivity contribution in [2.45, 2.75) is 49.2 Å². The molecular formula is C48H55N13O3S. The van der Waals surface area contributed by atoms with Crippen molar-refractivity contribution < 1.29 is 13.2 Å². The number of likely N-dealkylation sites (tertiary alicyclic amines) is 1. The monoisotopic (exact) mass is 893 g/mol. The number of pyridine rings is 3. The summed E-state index contributed by atoms with van der Waals surface area (Å²) >= 11 is 0. The van der Waals surface area contributed by atoms with Gasteiger partial charge in [0.25, 0.3) is 0 Å². The van der Waals surface area contributed by atoms with Crippen molar-refractivity contribution in [3.8, 4) is 6.07 Å². The van der Waals surface area contributed by atoms with Gasteiger partial charge in [0.15, 0.2) is 9.84 Å². The molecule has 336 valence electrons. The number of imidazole rings is 1. The fourth-order valence-electron chi connectivity index (χ4n) is 9.74. The van der Waals surface area contributed by atoms with Crippen LogP contribution in [0.3, 0.4) is 0 Å². The minimum Gasteiger partial charge on any atom is -0.368 e. The number of anilines is 4. The van der Waals surface area contributed by atoms with Gasteiger partial charge in [0.1, 0.15) is 40.5 Å². The molecule has 1 N–H and O–H groups in total. The number of benzene rings is 1. The molecule has 6 aromatic heterocycles. The molecule has 0 unspecified atom stereocenters. The molecule has 0 radical (unpaired) electrons. The Kier molecular flexibility index (Phi) is 11.5. The van der Waals surface area contributed by atoms with Crippen LogP contribution in [0.2, 0.25) is 0 Å². The van der Waals surface area contributed by atoms with Crippen LogP contribution in [0.15, 0.2) is 102 Å². The third kappa shape index (κ3) is 8.55. The van der Waals surface area contributed by atoms with Crippen LogP contribution in [0.25, 0.3) is 27.7 Å². The first-order chi connectivity index (χ1) is 31.6. The smallest absolute Gasteiger partial charge is 0.222 e. The van der Waals surface area contributed by atoms with Gasteiger partial charge in [-0.3, -0.25) is 9.20 Å². The Bertz CT molecular complexity index is 3000. The molecule has 11 rings (SSSR count). The number of sulfone groups is 1. The van der Waals surface area contributed by atoms with Crippen LogP contribution in [0.4, 0.5) is 23.1 Å². The second-order valence-electron chi connectivity index (χ2n) is 17.5. The Balaban J connectivity index is 0.000000153. The van der Waals surface area contributed by atoms with Gasteiger partial charge in [0, 0.05) is 138 Å². The van der Waals surface area contributed by atoms with Crippen LogP contribution in [-0.2, 0) is 21.2 Å². The van der Waals surface area contributed by atoms with Crippen molar-refractivity contribution in [2.24, 2.45) is 0 Å². The molecule has 0 bridgehead atoms. The summed E-state index contributed by atoms with van der Waals surface area (Å²) < 4.78 is 30.3. The normalized spacial score (nSPS) is 19.2. The van der Waals surface area contributed by atoms with E-state index in [0.717, 1.165) is 136 Å². The second kappa shape index (κ2) is 17.7. The van der Waals surface area contributed by atoms with E-state index in [9.17, 15) is 18.5 Å². The van der Waals surface area contributed by atoms with Gasteiger partial charge in [-0.15, -0.1) is 0 Å². The first-order valence-electron chi connectivity index (χ1n) is 22.7. The maximum atomic E-state index is 11.9. The number of nitrogens with one attached hydrogen (secondary N) is 1. The second-order valence-corrected chi connectivity index (χ2v) is 19.6. The summed E-state index contributed by atoms with van der Waals surface area (Å²) in [5, 5.41) is 15.0. The van der Waals surface area contributed by atoms with Crippen molar-refractivity contribution in [3.05, 3.63) is 103 Å². The van der Waals surface area contributed by atoms with E-state index < -0.39 is 9.84 Å². The fraction of sp³-hybridized carbons (Fsp3) is 0.396. The van der Waals surface area contributed by atoms with E-state index in [1.54, 1.807) is 18.2 Å².